The highest BCUT2D eigenvalue weighted by atomic mass is 35.5. The van der Waals surface area contributed by atoms with Gasteiger partial charge in [-0.2, -0.15) is 5.10 Å². The molecule has 16 heavy (non-hydrogen) atoms. The lowest BCUT2D eigenvalue weighted by molar-refractivity contribution is 0.421. The van der Waals surface area contributed by atoms with Gasteiger partial charge in [-0.25, -0.2) is 0 Å². The molecular weight excluding hydrogens is 222 g/mol. The molecule has 1 fully saturated rings. The van der Waals surface area contributed by atoms with Crippen molar-refractivity contribution in [2.24, 2.45) is 0 Å². The van der Waals surface area contributed by atoms with Crippen molar-refractivity contribution in [1.82, 2.24) is 15.1 Å². The van der Waals surface area contributed by atoms with Crippen LogP contribution >= 0.6 is 11.6 Å². The van der Waals surface area contributed by atoms with Gasteiger partial charge in [0.05, 0.1) is 16.9 Å². The van der Waals surface area contributed by atoms with E-state index in [0.29, 0.717) is 6.04 Å². The summed E-state index contributed by atoms with van der Waals surface area (Å²) in [5.74, 6) is 0. The monoisotopic (exact) mass is 241 g/mol. The van der Waals surface area contributed by atoms with Crippen molar-refractivity contribution in [1.29, 1.82) is 0 Å². The summed E-state index contributed by atoms with van der Waals surface area (Å²) in [6.45, 7) is 5.31. The molecule has 1 saturated carbocycles. The summed E-state index contributed by atoms with van der Waals surface area (Å²) in [5, 5.41) is 8.52. The Kier molecular flexibility index (Phi) is 3.27. The third-order valence-corrected chi connectivity index (χ3v) is 4.09. The van der Waals surface area contributed by atoms with Crippen molar-refractivity contribution < 1.29 is 0 Å². The van der Waals surface area contributed by atoms with E-state index in [1.807, 2.05) is 11.7 Å². The van der Waals surface area contributed by atoms with Crippen molar-refractivity contribution in [3.05, 3.63) is 16.9 Å². The Balaban J connectivity index is 2.32. The lowest BCUT2D eigenvalue weighted by Gasteiger charge is -2.25. The van der Waals surface area contributed by atoms with Crippen LogP contribution in [0.15, 0.2) is 6.20 Å². The quantitative estimate of drug-likeness (QED) is 0.882. The fourth-order valence-electron chi connectivity index (χ4n) is 2.90. The van der Waals surface area contributed by atoms with E-state index in [1.54, 1.807) is 6.20 Å². The predicted molar refractivity (Wildman–Crippen MR) is 67.0 cm³/mol. The first kappa shape index (κ1) is 11.9. The highest BCUT2D eigenvalue weighted by Crippen LogP contribution is 2.43. The van der Waals surface area contributed by atoms with Gasteiger partial charge in [0.2, 0.25) is 0 Å². The number of nitrogens with zero attached hydrogens (tertiary/aromatic N) is 2. The minimum Gasteiger partial charge on any atom is -0.317 e. The summed E-state index contributed by atoms with van der Waals surface area (Å²) in [6, 6.07) is 0.612. The van der Waals surface area contributed by atoms with Gasteiger partial charge in [-0.05, 0) is 33.2 Å². The van der Waals surface area contributed by atoms with Crippen LogP contribution in [0.1, 0.15) is 38.8 Å². The number of aryl methyl sites for hydroxylation is 1. The Morgan fingerprint density at radius 3 is 3.00 bits per heavy atom. The molecule has 1 aliphatic carbocycles. The molecule has 0 bridgehead atoms. The van der Waals surface area contributed by atoms with Gasteiger partial charge in [0.1, 0.15) is 0 Å². The van der Waals surface area contributed by atoms with Gasteiger partial charge in [0, 0.05) is 18.0 Å². The highest BCUT2D eigenvalue weighted by molar-refractivity contribution is 6.31. The summed E-state index contributed by atoms with van der Waals surface area (Å²) in [4.78, 5) is 0. The van der Waals surface area contributed by atoms with Crippen LogP contribution in [-0.4, -0.2) is 22.9 Å². The van der Waals surface area contributed by atoms with Crippen LogP contribution in [0.5, 0.6) is 0 Å². The zero-order valence-electron chi connectivity index (χ0n) is 10.3. The number of hydrogen-bond acceptors (Lipinski definition) is 2. The maximum Gasteiger partial charge on any atom is 0.0823 e. The van der Waals surface area contributed by atoms with E-state index in [-0.39, 0.29) is 5.41 Å². The molecule has 1 aromatic rings. The minimum atomic E-state index is 0.178. The minimum absolute atomic E-state index is 0.178. The largest absolute Gasteiger partial charge is 0.317 e. The second-order valence-electron chi connectivity index (χ2n) is 4.95. The number of aromatic nitrogens is 2. The van der Waals surface area contributed by atoms with Crippen LogP contribution in [0, 0.1) is 0 Å². The van der Waals surface area contributed by atoms with Crippen LogP contribution in [0.3, 0.4) is 0 Å². The third-order valence-electron chi connectivity index (χ3n) is 3.82. The number of halogens is 1. The average Bonchev–Trinajstić information content (AvgIpc) is 2.82. The van der Waals surface area contributed by atoms with E-state index in [9.17, 15) is 0 Å². The molecule has 1 heterocycles. The Bertz CT molecular complexity index is 374. The van der Waals surface area contributed by atoms with Crippen molar-refractivity contribution in [2.45, 2.75) is 51.1 Å². The van der Waals surface area contributed by atoms with Crippen LogP contribution in [0.2, 0.25) is 5.02 Å². The number of rotatable bonds is 3. The Hall–Kier alpha value is -0.540. The topological polar surface area (TPSA) is 29.9 Å². The summed E-state index contributed by atoms with van der Waals surface area (Å²) in [6.07, 6.45) is 5.33. The molecule has 2 atom stereocenters. The third kappa shape index (κ3) is 1.87. The van der Waals surface area contributed by atoms with Gasteiger partial charge in [-0.1, -0.05) is 18.5 Å². The van der Waals surface area contributed by atoms with Crippen molar-refractivity contribution in [3.63, 3.8) is 0 Å². The van der Waals surface area contributed by atoms with Crippen LogP contribution in [0.25, 0.3) is 0 Å². The van der Waals surface area contributed by atoms with Gasteiger partial charge >= 0.3 is 0 Å². The summed E-state index contributed by atoms with van der Waals surface area (Å²) < 4.78 is 2.04. The molecule has 0 amide bonds. The molecule has 0 spiro atoms. The first-order valence-electron chi connectivity index (χ1n) is 6.00. The van der Waals surface area contributed by atoms with Gasteiger partial charge < -0.3 is 5.32 Å². The molecule has 0 aliphatic heterocycles. The molecule has 0 aromatic carbocycles. The van der Waals surface area contributed by atoms with E-state index in [4.69, 9.17) is 11.6 Å². The normalized spacial score (nSPS) is 29.9. The second-order valence-corrected chi connectivity index (χ2v) is 5.35. The van der Waals surface area contributed by atoms with Crippen molar-refractivity contribution >= 4 is 11.6 Å². The molecule has 1 aromatic heterocycles. The maximum absolute atomic E-state index is 6.28. The van der Waals surface area contributed by atoms with Crippen LogP contribution in [0.4, 0.5) is 0 Å². The standard InChI is InChI=1S/C12H20ClN3/c1-4-16-11(10(13)8-15-16)12(2)6-5-9(7-12)14-3/h8-9,14H,4-7H2,1-3H3. The molecule has 90 valence electrons. The SMILES string of the molecule is CCn1ncc(Cl)c1C1(C)CCC(NC)C1. The number of hydrogen-bond donors (Lipinski definition) is 1. The summed E-state index contributed by atoms with van der Waals surface area (Å²) in [5.41, 5.74) is 1.39. The average molecular weight is 242 g/mol. The lowest BCUT2D eigenvalue weighted by Crippen LogP contribution is -2.28. The zero-order chi connectivity index (χ0) is 11.8. The first-order valence-corrected chi connectivity index (χ1v) is 6.37. The Morgan fingerprint density at radius 2 is 2.44 bits per heavy atom. The Morgan fingerprint density at radius 1 is 1.69 bits per heavy atom. The van der Waals surface area contributed by atoms with Crippen molar-refractivity contribution in [3.8, 4) is 0 Å². The fraction of sp³-hybridized carbons (Fsp3) is 0.750. The van der Waals surface area contributed by atoms with E-state index >= 15 is 0 Å². The second kappa shape index (κ2) is 4.38. The molecular formula is C12H20ClN3. The molecule has 0 saturated heterocycles. The number of nitrogens with one attached hydrogen (secondary N) is 1. The lowest BCUT2D eigenvalue weighted by atomic mass is 9.84. The molecule has 3 nitrogen and oxygen atoms in total. The van der Waals surface area contributed by atoms with Crippen LogP contribution < -0.4 is 5.32 Å². The van der Waals surface area contributed by atoms with E-state index in [1.165, 1.54) is 18.5 Å². The summed E-state index contributed by atoms with van der Waals surface area (Å²) >= 11 is 6.28. The van der Waals surface area contributed by atoms with E-state index in [2.05, 4.69) is 24.3 Å². The van der Waals surface area contributed by atoms with Crippen molar-refractivity contribution in [2.75, 3.05) is 7.05 Å². The maximum atomic E-state index is 6.28. The van der Waals surface area contributed by atoms with Gasteiger partial charge in [0.25, 0.3) is 0 Å². The first-order chi connectivity index (χ1) is 7.60. The molecule has 2 rings (SSSR count). The molecule has 4 heteroatoms. The van der Waals surface area contributed by atoms with Gasteiger partial charge in [-0.3, -0.25) is 4.68 Å². The molecule has 0 radical (unpaired) electrons. The van der Waals surface area contributed by atoms with Gasteiger partial charge in [-0.15, -0.1) is 0 Å². The molecule has 1 N–H and O–H groups in total. The Labute approximate surface area is 102 Å². The fourth-order valence-corrected chi connectivity index (χ4v) is 3.27. The van der Waals surface area contributed by atoms with Crippen LogP contribution in [-0.2, 0) is 12.0 Å². The smallest absolute Gasteiger partial charge is 0.0823 e. The molecule has 1 aliphatic rings. The van der Waals surface area contributed by atoms with E-state index < -0.39 is 0 Å². The zero-order valence-corrected chi connectivity index (χ0v) is 11.0. The molecule has 2 unspecified atom stereocenters. The van der Waals surface area contributed by atoms with E-state index in [0.717, 1.165) is 18.0 Å². The highest BCUT2D eigenvalue weighted by Gasteiger charge is 2.39. The van der Waals surface area contributed by atoms with Gasteiger partial charge in [0.15, 0.2) is 0 Å². The predicted octanol–water partition coefficient (Wildman–Crippen LogP) is 2.59. The summed E-state index contributed by atoms with van der Waals surface area (Å²) in [7, 11) is 2.04.